The first kappa shape index (κ1) is 22.2. The van der Waals surface area contributed by atoms with Crippen LogP contribution < -0.4 is 0 Å². The van der Waals surface area contributed by atoms with Gasteiger partial charge in [0.1, 0.15) is 0 Å². The van der Waals surface area contributed by atoms with Gasteiger partial charge in [-0.05, 0) is 0 Å². The number of para-hydroxylation sites is 1. The van der Waals surface area contributed by atoms with Gasteiger partial charge in [-0.15, -0.1) is 11.6 Å². The molecule has 6 rings (SSSR count). The van der Waals surface area contributed by atoms with Crippen molar-refractivity contribution in [2.24, 2.45) is 0 Å². The van der Waals surface area contributed by atoms with Crippen molar-refractivity contribution >= 4 is 34.3 Å². The van der Waals surface area contributed by atoms with E-state index in [1.54, 1.807) is 28.1 Å². The van der Waals surface area contributed by atoms with Crippen LogP contribution in [0.5, 0.6) is 0 Å². The SMILES string of the molecule is CC1=CC[C]([Hf][CH]2C(n3c4c(c5ccccc53)CCCC4)=Cc3ccccc32)=C1C.CCl. The number of hydrogen-bond donors (Lipinski definition) is 0. The molecule has 1 unspecified atom stereocenters. The Bertz CT molecular complexity index is 1270. The van der Waals surface area contributed by atoms with Crippen LogP contribution in [0.15, 0.2) is 69.1 Å². The smallest absolute Gasteiger partial charge is 0.0108 e. The summed E-state index contributed by atoms with van der Waals surface area (Å²) in [5, 5.41) is 1.49. The van der Waals surface area contributed by atoms with E-state index in [0.29, 0.717) is 3.67 Å². The van der Waals surface area contributed by atoms with Gasteiger partial charge in [0.05, 0.1) is 0 Å². The zero-order chi connectivity index (χ0) is 22.2. The Balaban J connectivity index is 0.00000105. The Morgan fingerprint density at radius 1 is 0.938 bits per heavy atom. The molecule has 0 N–H and O–H groups in total. The Kier molecular flexibility index (Phi) is 6.45. The van der Waals surface area contributed by atoms with Crippen molar-refractivity contribution in [2.45, 2.75) is 49.6 Å². The van der Waals surface area contributed by atoms with Crippen LogP contribution in [-0.2, 0) is 35.7 Å². The fourth-order valence-electron chi connectivity index (χ4n) is 5.58. The van der Waals surface area contributed by atoms with Crippen LogP contribution in [0.3, 0.4) is 0 Å². The molecule has 1 atom stereocenters. The molecule has 3 aliphatic carbocycles. The molecule has 0 bridgehead atoms. The summed E-state index contributed by atoms with van der Waals surface area (Å²) in [5.74, 6) is 0. The van der Waals surface area contributed by atoms with E-state index in [9.17, 15) is 0 Å². The molecule has 0 spiro atoms. The minimum Gasteiger partial charge on any atom is -0.130 e. The van der Waals surface area contributed by atoms with Crippen LogP contribution in [0.2, 0.25) is 0 Å². The number of aromatic nitrogens is 1. The van der Waals surface area contributed by atoms with Gasteiger partial charge in [-0.2, -0.15) is 0 Å². The summed E-state index contributed by atoms with van der Waals surface area (Å²) in [7, 11) is 0. The molecule has 0 amide bonds. The monoisotopic (exact) mass is 607 g/mol. The molecule has 0 radical (unpaired) electrons. The summed E-state index contributed by atoms with van der Waals surface area (Å²) >= 11 is 3.56. The number of allylic oxidation sites excluding steroid dienone is 5. The van der Waals surface area contributed by atoms with E-state index in [4.69, 9.17) is 0 Å². The first-order chi connectivity index (χ1) is 15.7. The van der Waals surface area contributed by atoms with Gasteiger partial charge in [-0.1, -0.05) is 0 Å². The topological polar surface area (TPSA) is 4.93 Å². The summed E-state index contributed by atoms with van der Waals surface area (Å²) in [4.78, 5) is 0. The van der Waals surface area contributed by atoms with E-state index < -0.39 is 22.9 Å². The average molecular weight is 607 g/mol. The molecule has 0 aliphatic heterocycles. The maximum Gasteiger partial charge on any atom is 0.0108 e. The maximum absolute atomic E-state index is 4.64. The summed E-state index contributed by atoms with van der Waals surface area (Å²) in [6, 6.07) is 18.3. The van der Waals surface area contributed by atoms with E-state index in [2.05, 4.69) is 90.7 Å². The van der Waals surface area contributed by atoms with E-state index in [-0.39, 0.29) is 0 Å². The summed E-state index contributed by atoms with van der Waals surface area (Å²) in [5.41, 5.74) is 12.4. The first-order valence-corrected chi connectivity index (χ1v) is 16.3. The number of alkyl halides is 1. The zero-order valence-corrected chi connectivity index (χ0v) is 23.6. The Morgan fingerprint density at radius 3 is 2.50 bits per heavy atom. The minimum atomic E-state index is -1.08. The van der Waals surface area contributed by atoms with E-state index in [1.807, 2.05) is 3.33 Å². The predicted molar refractivity (Wildman–Crippen MR) is 135 cm³/mol. The summed E-state index contributed by atoms with van der Waals surface area (Å²) < 4.78 is 5.14. The van der Waals surface area contributed by atoms with E-state index in [1.165, 1.54) is 60.5 Å². The molecule has 1 nitrogen and oxygen atoms in total. The molecule has 2 aromatic carbocycles. The molecule has 1 aromatic heterocycles. The zero-order valence-electron chi connectivity index (χ0n) is 19.2. The third-order valence-corrected chi connectivity index (χ3v) is 13.9. The fraction of sp³-hybridized carbons (Fsp3) is 0.310. The largest absolute Gasteiger partial charge is 0.130 e. The molecule has 0 saturated heterocycles. The second kappa shape index (κ2) is 9.31. The minimum absolute atomic E-state index is 0.632. The standard InChI is InChI=1S/C21H18N.C7H9.CH3Cl.Hf/c1-2-8-16-14-17(13-15(16)7-1)22-20-11-5-3-9-18(20)19-10-4-6-12-21(19)22;1-6-4-3-5-7(6)2;1-2;/h1-3,5,7-9,11,13-14H,4,6,10,12H2;4H,3H2,1-2H3;1H3;. The van der Waals surface area contributed by atoms with Gasteiger partial charge >= 0.3 is 191 Å². The number of aryl methyl sites for hydroxylation is 1. The third kappa shape index (κ3) is 3.64. The van der Waals surface area contributed by atoms with Crippen molar-refractivity contribution in [3.05, 3.63) is 91.5 Å². The molecule has 3 aliphatic rings. The van der Waals surface area contributed by atoms with Gasteiger partial charge in [0.15, 0.2) is 0 Å². The normalized spacial score (nSPS) is 19.2. The van der Waals surface area contributed by atoms with Crippen molar-refractivity contribution in [3.8, 4) is 0 Å². The number of halogens is 1. The number of hydrogen-bond acceptors (Lipinski definition) is 0. The van der Waals surface area contributed by atoms with Gasteiger partial charge in [0.2, 0.25) is 0 Å². The van der Waals surface area contributed by atoms with Crippen LogP contribution in [0, 0.1) is 0 Å². The average Bonchev–Trinajstić information content (AvgIpc) is 3.48. The van der Waals surface area contributed by atoms with Gasteiger partial charge in [0, 0.05) is 6.38 Å². The second-order valence-electron chi connectivity index (χ2n) is 8.96. The number of benzene rings is 2. The third-order valence-electron chi connectivity index (χ3n) is 7.32. The first-order valence-electron chi connectivity index (χ1n) is 11.7. The van der Waals surface area contributed by atoms with Crippen LogP contribution in [0.25, 0.3) is 22.7 Å². The second-order valence-corrected chi connectivity index (χ2v) is 14.2. The van der Waals surface area contributed by atoms with Crippen molar-refractivity contribution in [1.29, 1.82) is 0 Å². The van der Waals surface area contributed by atoms with Gasteiger partial charge < -0.3 is 0 Å². The van der Waals surface area contributed by atoms with Crippen molar-refractivity contribution < 1.29 is 22.9 Å². The summed E-state index contributed by atoms with van der Waals surface area (Å²) in [6.45, 7) is 4.65. The maximum atomic E-state index is 4.64. The van der Waals surface area contributed by atoms with Crippen molar-refractivity contribution in [2.75, 3.05) is 6.38 Å². The van der Waals surface area contributed by atoms with E-state index in [0.717, 1.165) is 0 Å². The Morgan fingerprint density at radius 2 is 1.69 bits per heavy atom. The van der Waals surface area contributed by atoms with Crippen molar-refractivity contribution in [1.82, 2.24) is 4.57 Å². The molecule has 32 heavy (non-hydrogen) atoms. The predicted octanol–water partition coefficient (Wildman–Crippen LogP) is 8.13. The van der Waals surface area contributed by atoms with Gasteiger partial charge in [-0.25, -0.2) is 0 Å². The fourth-order valence-corrected chi connectivity index (χ4v) is 11.9. The van der Waals surface area contributed by atoms with Crippen LogP contribution in [0.1, 0.15) is 59.2 Å². The number of rotatable bonds is 3. The van der Waals surface area contributed by atoms with Crippen LogP contribution in [-0.4, -0.2) is 11.0 Å². The number of fused-ring (bicyclic) bond motifs is 4. The van der Waals surface area contributed by atoms with Gasteiger partial charge in [-0.3, -0.25) is 0 Å². The molecule has 3 aromatic rings. The molecular formula is C29H30ClHfN. The molecule has 0 fully saturated rings. The molecule has 162 valence electrons. The van der Waals surface area contributed by atoms with Gasteiger partial charge in [0.25, 0.3) is 0 Å². The quantitative estimate of drug-likeness (QED) is 0.210. The van der Waals surface area contributed by atoms with Crippen LogP contribution >= 0.6 is 11.6 Å². The molecule has 0 saturated carbocycles. The van der Waals surface area contributed by atoms with E-state index >= 15 is 0 Å². The van der Waals surface area contributed by atoms with Crippen molar-refractivity contribution in [3.63, 3.8) is 0 Å². The molecule has 3 heteroatoms. The Labute approximate surface area is 208 Å². The molecule has 1 heterocycles. The summed E-state index contributed by atoms with van der Waals surface area (Å²) in [6.07, 6.45) is 12.8. The molecular weight excluding hydrogens is 576 g/mol. The number of nitrogens with zero attached hydrogens (tertiary/aromatic N) is 1. The Hall–Kier alpha value is -1.64. The van der Waals surface area contributed by atoms with Crippen LogP contribution in [0.4, 0.5) is 0 Å².